The largest absolute Gasteiger partial charge is 0.456 e. The molecule has 1 aromatic carbocycles. The van der Waals surface area contributed by atoms with Crippen LogP contribution in [0.1, 0.15) is 10.4 Å². The van der Waals surface area contributed by atoms with Crippen LogP contribution < -0.4 is 5.32 Å². The molecule has 1 aromatic heterocycles. The van der Waals surface area contributed by atoms with Gasteiger partial charge in [-0.05, 0) is 34.7 Å². The molecule has 1 saturated heterocycles. The molecule has 4 rings (SSSR count). The van der Waals surface area contributed by atoms with Crippen molar-refractivity contribution in [1.29, 1.82) is 0 Å². The van der Waals surface area contributed by atoms with Gasteiger partial charge >= 0.3 is 5.97 Å². The lowest BCUT2D eigenvalue weighted by Crippen LogP contribution is -2.70. The molecule has 0 unspecified atom stereocenters. The van der Waals surface area contributed by atoms with Crippen molar-refractivity contribution in [2.75, 3.05) is 5.75 Å². The van der Waals surface area contributed by atoms with Crippen LogP contribution in [0, 0.1) is 10.1 Å². The molecule has 14 heteroatoms. The van der Waals surface area contributed by atoms with Crippen LogP contribution in [0.2, 0.25) is 0 Å². The number of nitrogens with zero attached hydrogens (tertiary/aromatic N) is 5. The maximum Gasteiger partial charge on any atom is 0.355 e. The summed E-state index contributed by atoms with van der Waals surface area (Å²) >= 11 is 2.69. The number of rotatable bonds is 8. The molecule has 0 radical (unpaired) electrons. The Morgan fingerprint density at radius 1 is 1.32 bits per heavy atom. The molecule has 2 aliphatic rings. The highest BCUT2D eigenvalue weighted by Crippen LogP contribution is 2.41. The predicted octanol–water partition coefficient (Wildman–Crippen LogP) is 2.86. The molecule has 0 spiro atoms. The Labute approximate surface area is 200 Å². The molecule has 2 amide bonds. The van der Waals surface area contributed by atoms with Gasteiger partial charge in [0.25, 0.3) is 11.6 Å². The monoisotopic (exact) mass is 500 g/mol. The van der Waals surface area contributed by atoms with E-state index in [1.165, 1.54) is 52.3 Å². The third kappa shape index (κ3) is 4.73. The molecule has 3 heterocycles. The van der Waals surface area contributed by atoms with Crippen molar-refractivity contribution < 1.29 is 24.0 Å². The number of nitro benzene ring substituents is 1. The van der Waals surface area contributed by atoms with Gasteiger partial charge in [0.2, 0.25) is 5.91 Å². The van der Waals surface area contributed by atoms with Crippen LogP contribution in [0.25, 0.3) is 10.4 Å². The summed E-state index contributed by atoms with van der Waals surface area (Å²) in [4.78, 5) is 53.0. The average molecular weight is 501 g/mol. The number of fused-ring (bicyclic) bond motifs is 1. The fraction of sp³-hybridized carbons (Fsp3) is 0.250. The Bertz CT molecular complexity index is 1220. The van der Waals surface area contributed by atoms with Gasteiger partial charge in [-0.15, -0.1) is 23.1 Å². The van der Waals surface area contributed by atoms with E-state index in [2.05, 4.69) is 15.3 Å². The number of amides is 2. The number of hydrogen-bond donors (Lipinski definition) is 1. The summed E-state index contributed by atoms with van der Waals surface area (Å²) in [6.45, 7) is -0.204. The van der Waals surface area contributed by atoms with E-state index in [4.69, 9.17) is 10.3 Å². The van der Waals surface area contributed by atoms with Crippen molar-refractivity contribution in [3.05, 3.63) is 84.2 Å². The smallest absolute Gasteiger partial charge is 0.355 e. The minimum atomic E-state index is -0.872. The molecule has 12 nitrogen and oxygen atoms in total. The number of carbonyl (C=O) groups is 3. The number of nitro groups is 1. The molecule has 1 N–H and O–H groups in total. The third-order valence-electron chi connectivity index (χ3n) is 5.06. The molecule has 2 aliphatic heterocycles. The van der Waals surface area contributed by atoms with Crippen molar-refractivity contribution in [3.63, 3.8) is 0 Å². The molecular formula is C20H16N6O6S2. The summed E-state index contributed by atoms with van der Waals surface area (Å²) < 4.78 is 5.29. The maximum absolute atomic E-state index is 12.8. The van der Waals surface area contributed by atoms with E-state index in [1.54, 1.807) is 0 Å². The number of esters is 1. The van der Waals surface area contributed by atoms with E-state index in [-0.39, 0.29) is 41.8 Å². The summed E-state index contributed by atoms with van der Waals surface area (Å²) in [6.07, 6.45) is 0.142. The van der Waals surface area contributed by atoms with Crippen LogP contribution in [0.5, 0.6) is 0 Å². The summed E-state index contributed by atoms with van der Waals surface area (Å²) in [6, 6.07) is 8.29. The van der Waals surface area contributed by atoms with E-state index >= 15 is 0 Å². The van der Waals surface area contributed by atoms with Crippen molar-refractivity contribution >= 4 is 46.6 Å². The van der Waals surface area contributed by atoms with Crippen molar-refractivity contribution in [3.8, 4) is 0 Å². The Morgan fingerprint density at radius 2 is 2.09 bits per heavy atom. The zero-order valence-electron chi connectivity index (χ0n) is 17.3. The van der Waals surface area contributed by atoms with Gasteiger partial charge in [-0.2, -0.15) is 0 Å². The topological polar surface area (TPSA) is 168 Å². The summed E-state index contributed by atoms with van der Waals surface area (Å²) in [7, 11) is 0. The molecule has 0 bridgehead atoms. The Kier molecular flexibility index (Phi) is 6.82. The standard InChI is InChI=1S/C20H16N6O6S2/c21-24-23-14-10-34-19-16(22-15(27)8-13-2-1-7-33-13)18(28)25(19)17(14)20(29)32-9-11-3-5-12(6-4-11)26(30)31/h1-7,16,19H,8-10H2,(H,22,27)/t16-,19-/m1/s1. The van der Waals surface area contributed by atoms with Gasteiger partial charge in [0.05, 0.1) is 17.0 Å². The molecule has 1 fully saturated rings. The fourth-order valence-corrected chi connectivity index (χ4v) is 5.41. The second kappa shape index (κ2) is 9.95. The molecule has 2 aromatic rings. The van der Waals surface area contributed by atoms with Gasteiger partial charge in [-0.25, -0.2) is 4.79 Å². The number of nitrogens with one attached hydrogen (secondary N) is 1. The van der Waals surface area contributed by atoms with Crippen LogP contribution >= 0.6 is 23.1 Å². The lowest BCUT2D eigenvalue weighted by Gasteiger charge is -2.49. The minimum Gasteiger partial charge on any atom is -0.456 e. The third-order valence-corrected chi connectivity index (χ3v) is 7.20. The van der Waals surface area contributed by atoms with Crippen LogP contribution in [0.4, 0.5) is 5.69 Å². The van der Waals surface area contributed by atoms with Crippen LogP contribution in [0.15, 0.2) is 58.3 Å². The first-order valence-corrected chi connectivity index (χ1v) is 11.8. The van der Waals surface area contributed by atoms with E-state index in [0.29, 0.717) is 5.56 Å². The van der Waals surface area contributed by atoms with Gasteiger partial charge in [0.15, 0.2) is 0 Å². The maximum atomic E-state index is 12.8. The Hall–Kier alpha value is -3.87. The number of non-ortho nitro benzene ring substituents is 1. The number of azide groups is 1. The van der Waals surface area contributed by atoms with Crippen LogP contribution in [-0.4, -0.2) is 44.8 Å². The minimum absolute atomic E-state index is 0.0501. The predicted molar refractivity (Wildman–Crippen MR) is 122 cm³/mol. The highest BCUT2D eigenvalue weighted by atomic mass is 32.2. The van der Waals surface area contributed by atoms with E-state index < -0.39 is 28.2 Å². The highest BCUT2D eigenvalue weighted by molar-refractivity contribution is 8.00. The summed E-state index contributed by atoms with van der Waals surface area (Å²) in [5, 5.41) is 18.3. The van der Waals surface area contributed by atoms with E-state index in [0.717, 1.165) is 4.88 Å². The van der Waals surface area contributed by atoms with Gasteiger partial charge in [0.1, 0.15) is 23.7 Å². The van der Waals surface area contributed by atoms with Gasteiger partial charge < -0.3 is 10.1 Å². The molecule has 2 atom stereocenters. The lowest BCUT2D eigenvalue weighted by atomic mass is 10.0. The Balaban J connectivity index is 1.45. The summed E-state index contributed by atoms with van der Waals surface area (Å²) in [5.41, 5.74) is 9.15. The quantitative estimate of drug-likeness (QED) is 0.111. The summed E-state index contributed by atoms with van der Waals surface area (Å²) in [5.74, 6) is -1.54. The van der Waals surface area contributed by atoms with Crippen molar-refractivity contribution in [2.24, 2.45) is 5.11 Å². The SMILES string of the molecule is [N-]=[N+]=NC1=C(C(=O)OCc2ccc([N+](=O)[O-])cc2)N2C(=O)[C@@H](NC(=O)Cc3cccs3)[C@H]2SC1. The molecular weight excluding hydrogens is 484 g/mol. The van der Waals surface area contributed by atoms with Crippen LogP contribution in [0.3, 0.4) is 0 Å². The van der Waals surface area contributed by atoms with Crippen LogP contribution in [-0.2, 0) is 32.1 Å². The number of β-lactam (4-membered cyclic amide) rings is 1. The molecule has 34 heavy (non-hydrogen) atoms. The molecule has 0 saturated carbocycles. The lowest BCUT2D eigenvalue weighted by molar-refractivity contribution is -0.384. The number of thiophene rings is 1. The first-order valence-electron chi connectivity index (χ1n) is 9.84. The van der Waals surface area contributed by atoms with Gasteiger partial charge in [-0.1, -0.05) is 11.2 Å². The fourth-order valence-electron chi connectivity index (χ4n) is 3.45. The number of carbonyl (C=O) groups excluding carboxylic acids is 3. The van der Waals surface area contributed by atoms with E-state index in [9.17, 15) is 24.5 Å². The first-order chi connectivity index (χ1) is 16.4. The van der Waals surface area contributed by atoms with E-state index in [1.807, 2.05) is 17.5 Å². The number of benzene rings is 1. The number of ether oxygens (including phenoxy) is 1. The molecule has 0 aliphatic carbocycles. The zero-order chi connectivity index (χ0) is 24.2. The molecule has 174 valence electrons. The average Bonchev–Trinajstić information content (AvgIpc) is 3.34. The van der Waals surface area contributed by atoms with Crippen molar-refractivity contribution in [2.45, 2.75) is 24.4 Å². The zero-order valence-corrected chi connectivity index (χ0v) is 19.0. The second-order valence-electron chi connectivity index (χ2n) is 7.20. The van der Waals surface area contributed by atoms with Crippen molar-refractivity contribution in [1.82, 2.24) is 10.2 Å². The van der Waals surface area contributed by atoms with Gasteiger partial charge in [-0.3, -0.25) is 24.6 Å². The van der Waals surface area contributed by atoms with Gasteiger partial charge in [0, 0.05) is 27.7 Å². The number of thioether (sulfide) groups is 1. The second-order valence-corrected chi connectivity index (χ2v) is 9.33. The number of hydrogen-bond acceptors (Lipinski definition) is 9. The first kappa shape index (κ1) is 23.3. The Morgan fingerprint density at radius 3 is 2.74 bits per heavy atom. The normalized spacial score (nSPS) is 18.9. The highest BCUT2D eigenvalue weighted by Gasteiger charge is 2.54.